The second kappa shape index (κ2) is 8.82. The van der Waals surface area contributed by atoms with Crippen molar-refractivity contribution in [2.24, 2.45) is 5.41 Å². The summed E-state index contributed by atoms with van der Waals surface area (Å²) < 4.78 is 34.0. The van der Waals surface area contributed by atoms with E-state index in [9.17, 15) is 9.36 Å². The van der Waals surface area contributed by atoms with Gasteiger partial charge < -0.3 is 10.1 Å². The fourth-order valence-electron chi connectivity index (χ4n) is 2.47. The Morgan fingerprint density at radius 1 is 1.42 bits per heavy atom. The van der Waals surface area contributed by atoms with Crippen molar-refractivity contribution in [3.05, 3.63) is 48.2 Å². The zero-order chi connectivity index (χ0) is 19.2. The summed E-state index contributed by atoms with van der Waals surface area (Å²) in [5, 5.41) is 3.03. The van der Waals surface area contributed by atoms with E-state index in [4.69, 9.17) is 13.6 Å². The average molecular weight is 385 g/mol. The first-order valence-electron chi connectivity index (χ1n) is 8.37. The van der Waals surface area contributed by atoms with E-state index in [1.807, 2.05) is 44.2 Å². The highest BCUT2D eigenvalue weighted by Gasteiger charge is 2.46. The highest BCUT2D eigenvalue weighted by atomic mass is 31.2. The van der Waals surface area contributed by atoms with E-state index in [2.05, 4.69) is 16.6 Å². The number of carbonyl (C=O) groups excluding carboxylic acids is 1. The molecular weight excluding hydrogens is 357 g/mol. The standard InChI is InChI=1S/C18H26NO6P.H2/c1-14(19-11-10-16(20)22-4)17-18(2,3)13-24-26(21,25-17)23-12-15-8-6-5-7-9-15;/h5-9,17,19H,1,10-13H2,2-4H3;1H/t17-,26+;/m0./s1. The third kappa shape index (κ3) is 5.68. The maximum Gasteiger partial charge on any atom is 0.475 e. The molecule has 1 N–H and O–H groups in total. The van der Waals surface area contributed by atoms with Gasteiger partial charge in [-0.05, 0) is 5.56 Å². The van der Waals surface area contributed by atoms with Gasteiger partial charge in [-0.2, -0.15) is 0 Å². The van der Waals surface area contributed by atoms with Gasteiger partial charge in [-0.1, -0.05) is 50.8 Å². The number of nitrogens with one attached hydrogen (secondary N) is 1. The molecule has 0 saturated carbocycles. The van der Waals surface area contributed by atoms with E-state index >= 15 is 0 Å². The minimum atomic E-state index is -3.72. The molecule has 0 bridgehead atoms. The number of hydrogen-bond acceptors (Lipinski definition) is 7. The predicted octanol–water partition coefficient (Wildman–Crippen LogP) is 3.67. The Labute approximate surface area is 155 Å². The number of ether oxygens (including phenoxy) is 1. The molecule has 1 saturated heterocycles. The maximum atomic E-state index is 12.8. The van der Waals surface area contributed by atoms with Gasteiger partial charge in [0.2, 0.25) is 0 Å². The lowest BCUT2D eigenvalue weighted by molar-refractivity contribution is -0.140. The lowest BCUT2D eigenvalue weighted by Gasteiger charge is -2.41. The summed E-state index contributed by atoms with van der Waals surface area (Å²) >= 11 is 0. The van der Waals surface area contributed by atoms with Crippen molar-refractivity contribution in [3.63, 3.8) is 0 Å². The number of phosphoric acid groups is 1. The molecule has 1 aromatic rings. The van der Waals surface area contributed by atoms with Crippen LogP contribution in [-0.2, 0) is 34.3 Å². The molecule has 1 fully saturated rings. The Balaban J connectivity index is 0.00000364. The van der Waals surface area contributed by atoms with E-state index in [0.29, 0.717) is 12.2 Å². The van der Waals surface area contributed by atoms with E-state index in [1.165, 1.54) is 7.11 Å². The number of phosphoric ester groups is 1. The second-order valence-corrected chi connectivity index (χ2v) is 8.35. The molecule has 1 aliphatic rings. The Bertz CT molecular complexity index is 682. The Morgan fingerprint density at radius 2 is 2.12 bits per heavy atom. The molecular formula is C18H28NO6P. The molecule has 0 unspecified atom stereocenters. The van der Waals surface area contributed by atoms with Crippen molar-refractivity contribution in [2.45, 2.75) is 33.0 Å². The molecule has 0 aliphatic carbocycles. The summed E-state index contributed by atoms with van der Waals surface area (Å²) in [5.74, 6) is -0.325. The molecule has 0 radical (unpaired) electrons. The first-order chi connectivity index (χ1) is 12.3. The molecule has 8 heteroatoms. The van der Waals surface area contributed by atoms with Crippen molar-refractivity contribution in [3.8, 4) is 0 Å². The highest BCUT2D eigenvalue weighted by Crippen LogP contribution is 2.58. The molecule has 7 nitrogen and oxygen atoms in total. The van der Waals surface area contributed by atoms with Crippen LogP contribution in [0.1, 0.15) is 27.3 Å². The normalized spacial score (nSPS) is 24.7. The molecule has 0 spiro atoms. The van der Waals surface area contributed by atoms with E-state index < -0.39 is 19.3 Å². The van der Waals surface area contributed by atoms with Gasteiger partial charge >= 0.3 is 13.8 Å². The minimum absolute atomic E-state index is 0. The van der Waals surface area contributed by atoms with Crippen molar-refractivity contribution >= 4 is 13.8 Å². The van der Waals surface area contributed by atoms with Crippen molar-refractivity contribution in [2.75, 3.05) is 20.3 Å². The molecule has 146 valence electrons. The van der Waals surface area contributed by atoms with Gasteiger partial charge in [0.05, 0.1) is 26.7 Å². The average Bonchev–Trinajstić information content (AvgIpc) is 2.63. The van der Waals surface area contributed by atoms with Gasteiger partial charge in [0.1, 0.15) is 6.10 Å². The van der Waals surface area contributed by atoms with Crippen molar-refractivity contribution in [1.29, 1.82) is 0 Å². The molecule has 0 amide bonds. The van der Waals surface area contributed by atoms with Gasteiger partial charge in [-0.15, -0.1) is 0 Å². The van der Waals surface area contributed by atoms with Gasteiger partial charge in [0.15, 0.2) is 0 Å². The van der Waals surface area contributed by atoms with Crippen molar-refractivity contribution in [1.82, 2.24) is 5.32 Å². The largest absolute Gasteiger partial charge is 0.475 e. The molecule has 0 aromatic heterocycles. The maximum absolute atomic E-state index is 12.8. The molecule has 26 heavy (non-hydrogen) atoms. The van der Waals surface area contributed by atoms with E-state index in [-0.39, 0.29) is 27.0 Å². The number of hydrogen-bond donors (Lipinski definition) is 1. The first-order valence-corrected chi connectivity index (χ1v) is 9.83. The quantitative estimate of drug-likeness (QED) is 0.540. The Kier molecular flexibility index (Phi) is 7.01. The van der Waals surface area contributed by atoms with E-state index in [1.54, 1.807) is 0 Å². The van der Waals surface area contributed by atoms with Gasteiger partial charge in [-0.25, -0.2) is 4.57 Å². The first kappa shape index (κ1) is 20.6. The van der Waals surface area contributed by atoms with Crippen LogP contribution >= 0.6 is 7.82 Å². The number of rotatable bonds is 8. The third-order valence-electron chi connectivity index (χ3n) is 4.00. The summed E-state index contributed by atoms with van der Waals surface area (Å²) in [6.45, 7) is 8.46. The summed E-state index contributed by atoms with van der Waals surface area (Å²) in [6, 6.07) is 9.36. The Morgan fingerprint density at radius 3 is 2.77 bits per heavy atom. The zero-order valence-electron chi connectivity index (χ0n) is 15.4. The molecule has 1 aliphatic heterocycles. The van der Waals surface area contributed by atoms with Gasteiger partial charge in [0, 0.05) is 19.1 Å². The monoisotopic (exact) mass is 385 g/mol. The molecule has 2 atom stereocenters. The number of carbonyl (C=O) groups is 1. The highest BCUT2D eigenvalue weighted by molar-refractivity contribution is 7.48. The van der Waals surface area contributed by atoms with Crippen LogP contribution in [0.4, 0.5) is 0 Å². The minimum Gasteiger partial charge on any atom is -0.469 e. The second-order valence-electron chi connectivity index (χ2n) is 6.73. The molecule has 2 rings (SSSR count). The van der Waals surface area contributed by atoms with Crippen LogP contribution in [0.3, 0.4) is 0 Å². The van der Waals surface area contributed by atoms with Crippen LogP contribution in [0.25, 0.3) is 0 Å². The summed E-state index contributed by atoms with van der Waals surface area (Å²) in [7, 11) is -2.38. The lowest BCUT2D eigenvalue weighted by Crippen LogP contribution is -2.44. The van der Waals surface area contributed by atoms with Crippen LogP contribution in [0.15, 0.2) is 42.6 Å². The van der Waals surface area contributed by atoms with Crippen LogP contribution in [0, 0.1) is 5.41 Å². The van der Waals surface area contributed by atoms with Gasteiger partial charge in [-0.3, -0.25) is 18.4 Å². The van der Waals surface area contributed by atoms with Crippen LogP contribution in [-0.4, -0.2) is 32.3 Å². The number of esters is 1. The van der Waals surface area contributed by atoms with Crippen LogP contribution in [0.5, 0.6) is 0 Å². The van der Waals surface area contributed by atoms with E-state index in [0.717, 1.165) is 5.56 Å². The predicted molar refractivity (Wildman–Crippen MR) is 99.3 cm³/mol. The molecule has 1 aromatic carbocycles. The SMILES string of the molecule is C=C(NCCC(=O)OC)[C@@H]1O[P@](=O)(OCc2ccccc2)OCC1(C)C.[HH]. The van der Waals surface area contributed by atoms with Gasteiger partial charge in [0.25, 0.3) is 0 Å². The lowest BCUT2D eigenvalue weighted by atomic mass is 9.86. The van der Waals surface area contributed by atoms with Crippen molar-refractivity contribution < 1.29 is 29.1 Å². The smallest absolute Gasteiger partial charge is 0.469 e. The van der Waals surface area contributed by atoms with Crippen LogP contribution in [0.2, 0.25) is 0 Å². The topological polar surface area (TPSA) is 83.1 Å². The summed E-state index contributed by atoms with van der Waals surface area (Å²) in [5.41, 5.74) is 0.927. The van der Waals surface area contributed by atoms with Crippen LogP contribution < -0.4 is 5.32 Å². The summed E-state index contributed by atoms with van der Waals surface area (Å²) in [6.07, 6.45) is -0.392. The number of benzene rings is 1. The fourth-order valence-corrected chi connectivity index (χ4v) is 4.14. The fraction of sp³-hybridized carbons (Fsp3) is 0.500. The molecule has 1 heterocycles. The third-order valence-corrected chi connectivity index (χ3v) is 5.36. The summed E-state index contributed by atoms with van der Waals surface area (Å²) in [4.78, 5) is 11.2. The zero-order valence-corrected chi connectivity index (χ0v) is 16.3. The Hall–Kier alpha value is -1.66. The number of methoxy groups -OCH3 is 1.